The number of ketones is 1. The normalized spacial score (nSPS) is 42.1. The third-order valence-electron chi connectivity index (χ3n) is 7.78. The van der Waals surface area contributed by atoms with Crippen LogP contribution in [0.25, 0.3) is 0 Å². The second-order valence-electron chi connectivity index (χ2n) is 9.62. The van der Waals surface area contributed by atoms with Crippen LogP contribution in [0.2, 0.25) is 0 Å². The highest BCUT2D eigenvalue weighted by atomic mass is 19.1. The van der Waals surface area contributed by atoms with E-state index >= 15 is 4.39 Å². The molecule has 2 aliphatic carbocycles. The standard InChI is InChI=1S/C22H32FN3O6/c23-15-10-13-19-21(18(15)24-3-4-25-5-7-31-8-6-25)32-17-9-12(27)1-2-16(17)26(19)11-14(20(13)28)22(29)30/h11-13,15-19,21,24,27H,1-10H2,(H,29,30). The number of Topliss-reactive ketones (excluding diaryl/α,β-unsaturated/α-hetero) is 1. The van der Waals surface area contributed by atoms with Crippen LogP contribution in [0.15, 0.2) is 11.8 Å². The van der Waals surface area contributed by atoms with Gasteiger partial charge in [0.05, 0.1) is 49.7 Å². The van der Waals surface area contributed by atoms with E-state index in [0.29, 0.717) is 39.0 Å². The first-order valence-electron chi connectivity index (χ1n) is 11.7. The molecule has 3 N–H and O–H groups in total. The first-order valence-corrected chi connectivity index (χ1v) is 11.7. The summed E-state index contributed by atoms with van der Waals surface area (Å²) in [6.07, 6.45) is 0.388. The lowest BCUT2D eigenvalue weighted by atomic mass is 9.69. The van der Waals surface area contributed by atoms with Gasteiger partial charge in [-0.1, -0.05) is 0 Å². The van der Waals surface area contributed by atoms with Crippen molar-refractivity contribution in [3.05, 3.63) is 11.8 Å². The molecule has 8 unspecified atom stereocenters. The van der Waals surface area contributed by atoms with Crippen molar-refractivity contribution in [1.29, 1.82) is 0 Å². The minimum absolute atomic E-state index is 0.0142. The third kappa shape index (κ3) is 3.96. The van der Waals surface area contributed by atoms with Crippen molar-refractivity contribution in [2.75, 3.05) is 39.4 Å². The van der Waals surface area contributed by atoms with Crippen molar-refractivity contribution in [3.63, 3.8) is 0 Å². The molecule has 3 heterocycles. The summed E-state index contributed by atoms with van der Waals surface area (Å²) >= 11 is 0. The van der Waals surface area contributed by atoms with Crippen molar-refractivity contribution in [2.24, 2.45) is 5.92 Å². The summed E-state index contributed by atoms with van der Waals surface area (Å²) in [6, 6.07) is -1.10. The van der Waals surface area contributed by atoms with Crippen LogP contribution in [0.4, 0.5) is 4.39 Å². The van der Waals surface area contributed by atoms with E-state index in [1.54, 1.807) is 0 Å². The lowest BCUT2D eigenvalue weighted by Gasteiger charge is -2.59. The number of rotatable bonds is 5. The van der Waals surface area contributed by atoms with Gasteiger partial charge in [-0.25, -0.2) is 9.18 Å². The Hall–Kier alpha value is -1.59. The number of hydrogen-bond acceptors (Lipinski definition) is 8. The van der Waals surface area contributed by atoms with E-state index in [-0.39, 0.29) is 24.1 Å². The Morgan fingerprint density at radius 1 is 1.25 bits per heavy atom. The van der Waals surface area contributed by atoms with Gasteiger partial charge in [-0.2, -0.15) is 0 Å². The van der Waals surface area contributed by atoms with Crippen LogP contribution in [0, 0.1) is 5.92 Å². The SMILES string of the molecule is O=C(O)C1=CN2C3CCC(O)CC3OC3C(NCCN4CCOCC4)C(F)CC(C1=O)C32. The minimum atomic E-state index is -1.32. The summed E-state index contributed by atoms with van der Waals surface area (Å²) in [4.78, 5) is 28.9. The number of aliphatic carboxylic acids is 1. The third-order valence-corrected chi connectivity index (χ3v) is 7.78. The number of alkyl halides is 1. The Bertz CT molecular complexity index is 775. The number of aliphatic hydroxyl groups excluding tert-OH is 1. The molecule has 0 radical (unpaired) electrons. The largest absolute Gasteiger partial charge is 0.478 e. The molecule has 10 heteroatoms. The highest BCUT2D eigenvalue weighted by molar-refractivity contribution is 6.18. The van der Waals surface area contributed by atoms with E-state index in [4.69, 9.17) is 9.47 Å². The van der Waals surface area contributed by atoms with Crippen molar-refractivity contribution in [3.8, 4) is 0 Å². The smallest absolute Gasteiger partial charge is 0.340 e. The van der Waals surface area contributed by atoms with Crippen LogP contribution in [0.5, 0.6) is 0 Å². The second kappa shape index (κ2) is 8.98. The molecular weight excluding hydrogens is 421 g/mol. The summed E-state index contributed by atoms with van der Waals surface area (Å²) < 4.78 is 27.2. The number of aliphatic hydroxyl groups is 1. The second-order valence-corrected chi connectivity index (χ2v) is 9.62. The zero-order valence-corrected chi connectivity index (χ0v) is 18.1. The van der Waals surface area contributed by atoms with E-state index in [1.165, 1.54) is 6.20 Å². The average Bonchev–Trinajstić information content (AvgIpc) is 2.77. The number of carbonyl (C=O) groups is 2. The molecule has 0 aromatic rings. The fourth-order valence-electron chi connectivity index (χ4n) is 6.20. The van der Waals surface area contributed by atoms with Crippen LogP contribution < -0.4 is 5.32 Å². The molecule has 0 bridgehead atoms. The molecule has 0 aromatic carbocycles. The minimum Gasteiger partial charge on any atom is -0.478 e. The van der Waals surface area contributed by atoms with Crippen molar-refractivity contribution < 1.29 is 33.7 Å². The van der Waals surface area contributed by atoms with Crippen molar-refractivity contribution in [2.45, 2.75) is 68.3 Å². The quantitative estimate of drug-likeness (QED) is 0.476. The summed E-state index contributed by atoms with van der Waals surface area (Å²) in [5.41, 5.74) is -0.275. The Balaban J connectivity index is 1.38. The molecule has 0 aromatic heterocycles. The predicted molar refractivity (Wildman–Crippen MR) is 111 cm³/mol. The van der Waals surface area contributed by atoms with Gasteiger partial charge in [0.1, 0.15) is 11.7 Å². The number of fused-ring (bicyclic) bond motifs is 2. The van der Waals surface area contributed by atoms with Crippen LogP contribution >= 0.6 is 0 Å². The lowest BCUT2D eigenvalue weighted by molar-refractivity contribution is -0.205. The molecular formula is C22H32FN3O6. The molecule has 32 heavy (non-hydrogen) atoms. The molecule has 4 fully saturated rings. The highest BCUT2D eigenvalue weighted by Gasteiger charge is 2.58. The van der Waals surface area contributed by atoms with E-state index < -0.39 is 48.1 Å². The molecule has 2 saturated heterocycles. The zero-order valence-electron chi connectivity index (χ0n) is 18.1. The maximum atomic E-state index is 15.4. The number of halogens is 1. The van der Waals surface area contributed by atoms with Crippen LogP contribution in [0.3, 0.4) is 0 Å². The number of carbonyl (C=O) groups excluding carboxylic acids is 1. The summed E-state index contributed by atoms with van der Waals surface area (Å²) in [6.45, 7) is 4.45. The number of morpholine rings is 2. The first-order chi connectivity index (χ1) is 15.4. The van der Waals surface area contributed by atoms with Gasteiger partial charge in [-0.15, -0.1) is 0 Å². The van der Waals surface area contributed by atoms with Crippen LogP contribution in [0.1, 0.15) is 25.7 Å². The van der Waals surface area contributed by atoms with Crippen molar-refractivity contribution >= 4 is 11.8 Å². The van der Waals surface area contributed by atoms with Crippen LogP contribution in [-0.4, -0.2) is 114 Å². The molecule has 0 spiro atoms. The van der Waals surface area contributed by atoms with Gasteiger partial charge in [0, 0.05) is 44.7 Å². The molecule has 9 nitrogen and oxygen atoms in total. The number of hydrogen-bond donors (Lipinski definition) is 3. The zero-order chi connectivity index (χ0) is 22.4. The van der Waals surface area contributed by atoms with E-state index in [0.717, 1.165) is 19.6 Å². The Morgan fingerprint density at radius 2 is 2.03 bits per heavy atom. The number of carboxylic acid groups (broad SMARTS) is 1. The van der Waals surface area contributed by atoms with Gasteiger partial charge < -0.3 is 29.9 Å². The first kappa shape index (κ1) is 22.2. The topological polar surface area (TPSA) is 112 Å². The maximum absolute atomic E-state index is 15.4. The molecule has 178 valence electrons. The van der Waals surface area contributed by atoms with E-state index in [1.807, 2.05) is 4.90 Å². The number of nitrogens with one attached hydrogen (secondary N) is 1. The fourth-order valence-corrected chi connectivity index (χ4v) is 6.20. The van der Waals surface area contributed by atoms with Gasteiger partial charge in [-0.05, 0) is 19.3 Å². The fraction of sp³-hybridized carbons (Fsp3) is 0.818. The Morgan fingerprint density at radius 3 is 2.78 bits per heavy atom. The van der Waals surface area contributed by atoms with Gasteiger partial charge in [0.2, 0.25) is 0 Å². The van der Waals surface area contributed by atoms with Gasteiger partial charge >= 0.3 is 5.97 Å². The Labute approximate surface area is 186 Å². The predicted octanol–water partition coefficient (Wildman–Crippen LogP) is -0.463. The Kier molecular flexibility index (Phi) is 6.23. The monoisotopic (exact) mass is 453 g/mol. The highest BCUT2D eigenvalue weighted by Crippen LogP contribution is 2.45. The molecule has 8 atom stereocenters. The molecule has 0 amide bonds. The summed E-state index contributed by atoms with van der Waals surface area (Å²) in [5, 5.41) is 23.1. The number of nitrogens with zero attached hydrogens (tertiary/aromatic N) is 2. The maximum Gasteiger partial charge on any atom is 0.340 e. The number of carboxylic acids is 1. The molecule has 5 aliphatic rings. The van der Waals surface area contributed by atoms with Crippen LogP contribution in [-0.2, 0) is 19.1 Å². The lowest BCUT2D eigenvalue weighted by Crippen LogP contribution is -2.73. The molecule has 2 saturated carbocycles. The van der Waals surface area contributed by atoms with Gasteiger partial charge in [0.15, 0.2) is 5.78 Å². The van der Waals surface area contributed by atoms with E-state index in [2.05, 4.69) is 10.2 Å². The van der Waals surface area contributed by atoms with Crippen molar-refractivity contribution in [1.82, 2.24) is 15.1 Å². The number of ether oxygens (including phenoxy) is 2. The molecule has 5 rings (SSSR count). The molecule has 3 aliphatic heterocycles. The van der Waals surface area contributed by atoms with Gasteiger partial charge in [0.25, 0.3) is 0 Å². The summed E-state index contributed by atoms with van der Waals surface area (Å²) in [7, 11) is 0. The average molecular weight is 454 g/mol. The van der Waals surface area contributed by atoms with E-state index in [9.17, 15) is 19.8 Å². The van der Waals surface area contributed by atoms with Gasteiger partial charge in [-0.3, -0.25) is 9.69 Å². The summed E-state index contributed by atoms with van der Waals surface area (Å²) in [5.74, 6) is -2.52.